The number of halogens is 7. The smallest absolute Gasteiger partial charge is 0.419 e. The van der Waals surface area contributed by atoms with Crippen LogP contribution in [0.25, 0.3) is 0 Å². The molecule has 1 rings (SSSR count). The Morgan fingerprint density at radius 1 is 1.11 bits per heavy atom. The number of ether oxygens (including phenoxy) is 1. The molecule has 0 aliphatic heterocycles. The van der Waals surface area contributed by atoms with Crippen molar-refractivity contribution in [3.63, 3.8) is 0 Å². The van der Waals surface area contributed by atoms with Crippen molar-refractivity contribution in [1.82, 2.24) is 0 Å². The summed E-state index contributed by atoms with van der Waals surface area (Å²) < 4.78 is 90.5. The summed E-state index contributed by atoms with van der Waals surface area (Å²) in [5.74, 6) is -5.52. The Bertz CT molecular complexity index is 444. The fourth-order valence-electron chi connectivity index (χ4n) is 1.13. The van der Waals surface area contributed by atoms with E-state index in [2.05, 4.69) is 4.74 Å². The molecule has 0 atom stereocenters. The van der Waals surface area contributed by atoms with Gasteiger partial charge in [-0.05, 0) is 6.07 Å². The average Bonchev–Trinajstić information content (AvgIpc) is 2.26. The lowest BCUT2D eigenvalue weighted by Gasteiger charge is -2.19. The third kappa shape index (κ3) is 4.04. The summed E-state index contributed by atoms with van der Waals surface area (Å²) in [4.78, 5) is 0. The number of benzene rings is 1. The Hall–Kier alpha value is -1.41. The van der Waals surface area contributed by atoms with Crippen LogP contribution in [0, 0.1) is 0 Å². The van der Waals surface area contributed by atoms with Crippen molar-refractivity contribution in [3.05, 3.63) is 23.8 Å². The minimum atomic E-state index is -4.90. The summed E-state index contributed by atoms with van der Waals surface area (Å²) in [5, 5.41) is 0. The van der Waals surface area contributed by atoms with Crippen molar-refractivity contribution in [2.45, 2.75) is 18.5 Å². The lowest BCUT2D eigenvalue weighted by atomic mass is 9.94. The number of hydrogen-bond acceptors (Lipinski definition) is 1. The zero-order valence-electron chi connectivity index (χ0n) is 9.15. The molecule has 0 aliphatic carbocycles. The van der Waals surface area contributed by atoms with Crippen LogP contribution in [0.1, 0.15) is 5.56 Å². The summed E-state index contributed by atoms with van der Waals surface area (Å²) >= 11 is 0. The molecule has 1 aromatic rings. The molecule has 0 aromatic heterocycles. The molecule has 1 aromatic carbocycles. The van der Waals surface area contributed by atoms with Gasteiger partial charge in [0.1, 0.15) is 13.6 Å². The van der Waals surface area contributed by atoms with Gasteiger partial charge in [-0.1, -0.05) is 17.6 Å². The van der Waals surface area contributed by atoms with Crippen LogP contribution in [-0.2, 0) is 6.18 Å². The maximum Gasteiger partial charge on any atom is 0.419 e. The van der Waals surface area contributed by atoms with Crippen LogP contribution >= 0.6 is 0 Å². The number of alkyl halides is 7. The number of rotatable bonds is 4. The molecule has 2 radical (unpaired) electrons. The van der Waals surface area contributed by atoms with Crippen LogP contribution in [0.4, 0.5) is 30.7 Å². The van der Waals surface area contributed by atoms with Crippen LogP contribution in [0.15, 0.2) is 18.2 Å². The highest BCUT2D eigenvalue weighted by Gasteiger charge is 2.42. The van der Waals surface area contributed by atoms with Crippen molar-refractivity contribution in [2.24, 2.45) is 0 Å². The Morgan fingerprint density at radius 2 is 1.68 bits per heavy atom. The number of hydrogen-bond donors (Lipinski definition) is 0. The van der Waals surface area contributed by atoms with E-state index in [4.69, 9.17) is 7.85 Å². The van der Waals surface area contributed by atoms with E-state index in [1.165, 1.54) is 0 Å². The second-order valence-corrected chi connectivity index (χ2v) is 3.60. The minimum Gasteiger partial charge on any atom is -0.486 e. The molecule has 0 saturated heterocycles. The maximum absolute atomic E-state index is 12.6. The minimum absolute atomic E-state index is 0.264. The highest BCUT2D eigenvalue weighted by molar-refractivity contribution is 6.32. The normalized spacial score (nSPS) is 12.8. The van der Waals surface area contributed by atoms with Crippen molar-refractivity contribution in [1.29, 1.82) is 0 Å². The second kappa shape index (κ2) is 5.30. The van der Waals surface area contributed by atoms with E-state index in [1.807, 2.05) is 0 Å². The first-order valence-corrected chi connectivity index (χ1v) is 4.79. The Kier molecular flexibility index (Phi) is 4.37. The first kappa shape index (κ1) is 15.7. The Balaban J connectivity index is 2.96. The Labute approximate surface area is 104 Å². The molecule has 0 fully saturated rings. The van der Waals surface area contributed by atoms with Gasteiger partial charge in [0.05, 0.1) is 5.56 Å². The molecule has 0 amide bonds. The summed E-state index contributed by atoms with van der Waals surface area (Å²) in [6.07, 6.45) is -8.93. The largest absolute Gasteiger partial charge is 0.486 e. The van der Waals surface area contributed by atoms with Gasteiger partial charge in [-0.3, -0.25) is 0 Å². The fraction of sp³-hybridized carbons (Fsp3) is 0.400. The van der Waals surface area contributed by atoms with Gasteiger partial charge in [0.2, 0.25) is 0 Å². The van der Waals surface area contributed by atoms with Crippen LogP contribution < -0.4 is 10.2 Å². The summed E-state index contributed by atoms with van der Waals surface area (Å²) in [6, 6.07) is 2.14. The predicted octanol–water partition coefficient (Wildman–Crippen LogP) is 2.78. The van der Waals surface area contributed by atoms with E-state index in [0.29, 0.717) is 12.1 Å². The third-order valence-electron chi connectivity index (χ3n) is 2.05. The SMILES string of the molecule is [B]c1ccc(OCC(F)(F)C(F)F)c(C(F)(F)F)c1. The van der Waals surface area contributed by atoms with Crippen LogP contribution in [-0.4, -0.2) is 26.8 Å². The highest BCUT2D eigenvalue weighted by Crippen LogP contribution is 2.36. The highest BCUT2D eigenvalue weighted by atomic mass is 19.4. The molecule has 1 nitrogen and oxygen atoms in total. The molecular formula is C10H6BF7O. The second-order valence-electron chi connectivity index (χ2n) is 3.60. The van der Waals surface area contributed by atoms with Gasteiger partial charge in [0.15, 0.2) is 6.61 Å². The predicted molar refractivity (Wildman–Crippen MR) is 53.3 cm³/mol. The molecule has 0 heterocycles. The van der Waals surface area contributed by atoms with E-state index in [9.17, 15) is 30.7 Å². The van der Waals surface area contributed by atoms with E-state index in [-0.39, 0.29) is 5.46 Å². The van der Waals surface area contributed by atoms with E-state index in [0.717, 1.165) is 6.07 Å². The maximum atomic E-state index is 12.6. The van der Waals surface area contributed by atoms with Crippen molar-refractivity contribution in [3.8, 4) is 5.75 Å². The van der Waals surface area contributed by atoms with Crippen molar-refractivity contribution >= 4 is 13.3 Å². The van der Waals surface area contributed by atoms with Gasteiger partial charge in [0, 0.05) is 0 Å². The topological polar surface area (TPSA) is 9.23 Å². The van der Waals surface area contributed by atoms with E-state index < -0.39 is 36.4 Å². The Morgan fingerprint density at radius 3 is 2.16 bits per heavy atom. The molecule has 0 N–H and O–H groups in total. The quantitative estimate of drug-likeness (QED) is 0.611. The molecule has 0 saturated carbocycles. The first-order valence-electron chi connectivity index (χ1n) is 4.79. The van der Waals surface area contributed by atoms with Crippen molar-refractivity contribution < 1.29 is 35.5 Å². The van der Waals surface area contributed by atoms with Gasteiger partial charge in [-0.25, -0.2) is 8.78 Å². The zero-order valence-corrected chi connectivity index (χ0v) is 9.15. The molecule has 9 heteroatoms. The monoisotopic (exact) mass is 286 g/mol. The standard InChI is InChI=1S/C10H6BF7O/c11-5-1-2-7(6(3-5)10(16,17)18)19-4-9(14,15)8(12)13/h1-3,8H,4H2. The lowest BCUT2D eigenvalue weighted by Crippen LogP contribution is -2.34. The molecule has 0 aliphatic rings. The third-order valence-corrected chi connectivity index (χ3v) is 2.05. The van der Waals surface area contributed by atoms with E-state index in [1.54, 1.807) is 0 Å². The van der Waals surface area contributed by atoms with Crippen LogP contribution in [0.3, 0.4) is 0 Å². The zero-order chi connectivity index (χ0) is 14.8. The van der Waals surface area contributed by atoms with Gasteiger partial charge >= 0.3 is 18.5 Å². The lowest BCUT2D eigenvalue weighted by molar-refractivity contribution is -0.153. The molecule has 0 spiro atoms. The summed E-state index contributed by atoms with van der Waals surface area (Å²) in [5.41, 5.74) is -1.67. The van der Waals surface area contributed by atoms with Gasteiger partial charge in [-0.15, -0.1) is 0 Å². The summed E-state index contributed by atoms with van der Waals surface area (Å²) in [6.45, 7) is -1.86. The van der Waals surface area contributed by atoms with Gasteiger partial charge < -0.3 is 4.74 Å². The average molecular weight is 286 g/mol. The molecule has 0 bridgehead atoms. The van der Waals surface area contributed by atoms with Crippen LogP contribution in [0.5, 0.6) is 5.75 Å². The van der Waals surface area contributed by atoms with Crippen LogP contribution in [0.2, 0.25) is 0 Å². The van der Waals surface area contributed by atoms with Gasteiger partial charge in [0.25, 0.3) is 0 Å². The first-order chi connectivity index (χ1) is 8.54. The fourth-order valence-corrected chi connectivity index (χ4v) is 1.13. The molecule has 0 unspecified atom stereocenters. The summed E-state index contributed by atoms with van der Waals surface area (Å²) in [7, 11) is 5.13. The molecule has 19 heavy (non-hydrogen) atoms. The van der Waals surface area contributed by atoms with Crippen molar-refractivity contribution in [2.75, 3.05) is 6.61 Å². The van der Waals surface area contributed by atoms with E-state index >= 15 is 0 Å². The molecule has 104 valence electrons. The van der Waals surface area contributed by atoms with Gasteiger partial charge in [-0.2, -0.15) is 22.0 Å². The molecular weight excluding hydrogens is 280 g/mol.